The summed E-state index contributed by atoms with van der Waals surface area (Å²) in [7, 11) is -1.65. The Morgan fingerprint density at radius 3 is 2.18 bits per heavy atom. The van der Waals surface area contributed by atoms with Gasteiger partial charge in [0.05, 0.1) is 8.07 Å². The van der Waals surface area contributed by atoms with Crippen molar-refractivity contribution in [2.75, 3.05) is 0 Å². The Labute approximate surface area is 107 Å². The van der Waals surface area contributed by atoms with Crippen LogP contribution < -0.4 is 0 Å². The van der Waals surface area contributed by atoms with Gasteiger partial charge in [-0.25, -0.2) is 0 Å². The fraction of sp³-hybridized carbons (Fsp3) is 0.786. The number of aliphatic hydroxyl groups excluding tert-OH is 1. The van der Waals surface area contributed by atoms with Crippen LogP contribution in [0, 0.1) is 5.92 Å². The van der Waals surface area contributed by atoms with Crippen LogP contribution in [-0.4, -0.2) is 25.1 Å². The van der Waals surface area contributed by atoms with Gasteiger partial charge in [0.2, 0.25) is 0 Å². The second kappa shape index (κ2) is 7.12. The van der Waals surface area contributed by atoms with Crippen LogP contribution in [0.25, 0.3) is 0 Å². The van der Waals surface area contributed by atoms with Crippen molar-refractivity contribution in [3.8, 4) is 0 Å². The number of carbonyl (C=O) groups is 1. The molecule has 0 spiro atoms. The Balaban J connectivity index is 4.88. The summed E-state index contributed by atoms with van der Waals surface area (Å²) in [6.45, 7) is 12.6. The van der Waals surface area contributed by atoms with Gasteiger partial charge >= 0.3 is 0 Å². The van der Waals surface area contributed by atoms with Gasteiger partial charge in [-0.3, -0.25) is 4.79 Å². The number of Topliss-reactive ketones (excluding diaryl/α,β-unsaturated/α-hetero) is 1. The van der Waals surface area contributed by atoms with Gasteiger partial charge in [-0.05, 0) is 24.0 Å². The van der Waals surface area contributed by atoms with Crippen LogP contribution in [0.3, 0.4) is 0 Å². The van der Waals surface area contributed by atoms with E-state index in [9.17, 15) is 9.90 Å². The summed E-state index contributed by atoms with van der Waals surface area (Å²) >= 11 is 0. The first-order chi connectivity index (χ1) is 7.70. The summed E-state index contributed by atoms with van der Waals surface area (Å²) in [5, 5.41) is 10.9. The van der Waals surface area contributed by atoms with Gasteiger partial charge < -0.3 is 5.11 Å². The average molecular weight is 256 g/mol. The zero-order valence-electron chi connectivity index (χ0n) is 12.2. The van der Waals surface area contributed by atoms with E-state index in [1.807, 2.05) is 13.8 Å². The average Bonchev–Trinajstić information content (AvgIpc) is 2.14. The number of ketones is 1. The van der Waals surface area contributed by atoms with Crippen LogP contribution in [-0.2, 0) is 4.79 Å². The molecular weight excluding hydrogens is 228 g/mol. The minimum Gasteiger partial charge on any atom is -0.385 e. The monoisotopic (exact) mass is 256 g/mol. The van der Waals surface area contributed by atoms with E-state index in [0.29, 0.717) is 12.3 Å². The molecule has 0 heterocycles. The third-order valence-electron chi connectivity index (χ3n) is 2.71. The highest BCUT2D eigenvalue weighted by Crippen LogP contribution is 2.20. The maximum Gasteiger partial charge on any atom is 0.183 e. The molecule has 100 valence electrons. The Bertz CT molecular complexity index is 274. The van der Waals surface area contributed by atoms with Crippen molar-refractivity contribution in [2.24, 2.45) is 5.92 Å². The van der Waals surface area contributed by atoms with Crippen LogP contribution in [0.15, 0.2) is 11.3 Å². The lowest BCUT2D eigenvalue weighted by Gasteiger charge is -2.23. The van der Waals surface area contributed by atoms with E-state index in [4.69, 9.17) is 0 Å². The number of allylic oxidation sites excluding steroid dienone is 1. The van der Waals surface area contributed by atoms with E-state index in [1.54, 1.807) is 0 Å². The first kappa shape index (κ1) is 16.6. The highest BCUT2D eigenvalue weighted by Gasteiger charge is 2.29. The Kier molecular flexibility index (Phi) is 6.94. The molecule has 0 aromatic carbocycles. The molecule has 0 aliphatic heterocycles. The number of carbonyl (C=O) groups excluding carboxylic acids is 1. The Hall–Kier alpha value is -0.413. The topological polar surface area (TPSA) is 37.3 Å². The summed E-state index contributed by atoms with van der Waals surface area (Å²) in [6, 6.07) is 0. The van der Waals surface area contributed by atoms with Crippen molar-refractivity contribution in [2.45, 2.75) is 65.8 Å². The highest BCUT2D eigenvalue weighted by atomic mass is 28.3. The van der Waals surface area contributed by atoms with Crippen LogP contribution in [0.5, 0.6) is 0 Å². The van der Waals surface area contributed by atoms with E-state index in [1.165, 1.54) is 0 Å². The predicted octanol–water partition coefficient (Wildman–Crippen LogP) is 3.57. The number of hydrogen-bond donors (Lipinski definition) is 1. The Morgan fingerprint density at radius 1 is 1.29 bits per heavy atom. The molecule has 0 aliphatic carbocycles. The third-order valence-corrected chi connectivity index (χ3v) is 4.77. The van der Waals surface area contributed by atoms with Crippen molar-refractivity contribution in [1.29, 1.82) is 0 Å². The molecule has 1 atom stereocenters. The lowest BCUT2D eigenvalue weighted by atomic mass is 10.0. The predicted molar refractivity (Wildman–Crippen MR) is 76.8 cm³/mol. The number of rotatable bonds is 7. The largest absolute Gasteiger partial charge is 0.385 e. The molecule has 0 aliphatic rings. The van der Waals surface area contributed by atoms with Crippen LogP contribution >= 0.6 is 0 Å². The summed E-state index contributed by atoms with van der Waals surface area (Å²) in [5.41, 5.74) is 0. The second-order valence-electron chi connectivity index (χ2n) is 6.17. The van der Waals surface area contributed by atoms with E-state index in [-0.39, 0.29) is 5.78 Å². The fourth-order valence-electron chi connectivity index (χ4n) is 1.80. The van der Waals surface area contributed by atoms with Gasteiger partial charge in [0.1, 0.15) is 6.10 Å². The molecular formula is C14H28O2Si. The zero-order chi connectivity index (χ0) is 13.6. The van der Waals surface area contributed by atoms with Crippen molar-refractivity contribution in [3.63, 3.8) is 0 Å². The molecule has 0 aromatic heterocycles. The van der Waals surface area contributed by atoms with Gasteiger partial charge in [-0.1, -0.05) is 52.9 Å². The van der Waals surface area contributed by atoms with Crippen LogP contribution in [0.1, 0.15) is 40.0 Å². The molecule has 0 fully saturated rings. The van der Waals surface area contributed by atoms with Crippen molar-refractivity contribution >= 4 is 13.9 Å². The fourth-order valence-corrected chi connectivity index (χ4v) is 3.46. The van der Waals surface area contributed by atoms with Gasteiger partial charge in [-0.15, -0.1) is 0 Å². The third kappa shape index (κ3) is 6.17. The molecule has 0 unspecified atom stereocenters. The normalized spacial score (nSPS) is 15.2. The summed E-state index contributed by atoms with van der Waals surface area (Å²) in [5.74, 6) is 0.314. The molecule has 0 bridgehead atoms. The van der Waals surface area contributed by atoms with Crippen LogP contribution in [0.4, 0.5) is 0 Å². The van der Waals surface area contributed by atoms with Crippen molar-refractivity contribution in [1.82, 2.24) is 0 Å². The van der Waals surface area contributed by atoms with Gasteiger partial charge in [0.25, 0.3) is 0 Å². The maximum absolute atomic E-state index is 12.2. The maximum atomic E-state index is 12.2. The van der Waals surface area contributed by atoms with Gasteiger partial charge in [0.15, 0.2) is 5.78 Å². The first-order valence-electron chi connectivity index (χ1n) is 6.63. The quantitative estimate of drug-likeness (QED) is 0.558. The number of aliphatic hydroxyl groups is 1. The van der Waals surface area contributed by atoms with E-state index >= 15 is 0 Å². The summed E-state index contributed by atoms with van der Waals surface area (Å²) < 4.78 is 0. The molecule has 2 nitrogen and oxygen atoms in total. The molecule has 0 saturated carbocycles. The first-order valence-corrected chi connectivity index (χ1v) is 10.1. The summed E-state index contributed by atoms with van der Waals surface area (Å²) in [4.78, 5) is 12.2. The SMILES string of the molecule is CCC/C=C(\C(=O)[C@H](O)CC(C)C)[Si](C)(C)C. The molecule has 0 radical (unpaired) electrons. The van der Waals surface area contributed by atoms with Crippen molar-refractivity contribution in [3.05, 3.63) is 11.3 Å². The summed E-state index contributed by atoms with van der Waals surface area (Å²) in [6.07, 6.45) is 3.77. The molecule has 0 saturated heterocycles. The Morgan fingerprint density at radius 2 is 1.82 bits per heavy atom. The minimum absolute atomic E-state index is 0.0358. The minimum atomic E-state index is -1.65. The lowest BCUT2D eigenvalue weighted by molar-refractivity contribution is -0.123. The highest BCUT2D eigenvalue weighted by molar-refractivity contribution is 6.87. The number of hydrogen-bond acceptors (Lipinski definition) is 2. The van der Waals surface area contributed by atoms with E-state index in [0.717, 1.165) is 18.0 Å². The molecule has 1 N–H and O–H groups in total. The smallest absolute Gasteiger partial charge is 0.183 e. The van der Waals surface area contributed by atoms with Crippen LogP contribution in [0.2, 0.25) is 19.6 Å². The molecule has 3 heteroatoms. The van der Waals surface area contributed by atoms with Gasteiger partial charge in [-0.2, -0.15) is 0 Å². The standard InChI is InChI=1S/C14H28O2Si/c1-7-8-9-13(17(4,5)6)14(16)12(15)10-11(2)3/h9,11-12,15H,7-8,10H2,1-6H3/b13-9+/t12-/m1/s1. The second-order valence-corrected chi connectivity index (χ2v) is 11.2. The zero-order valence-corrected chi connectivity index (χ0v) is 13.2. The molecule has 17 heavy (non-hydrogen) atoms. The van der Waals surface area contributed by atoms with E-state index < -0.39 is 14.2 Å². The molecule has 0 rings (SSSR count). The lowest BCUT2D eigenvalue weighted by Crippen LogP contribution is -2.36. The molecule has 0 amide bonds. The van der Waals surface area contributed by atoms with Crippen molar-refractivity contribution < 1.29 is 9.90 Å². The molecule has 0 aromatic rings. The number of unbranched alkanes of at least 4 members (excludes halogenated alkanes) is 1. The van der Waals surface area contributed by atoms with Gasteiger partial charge in [0, 0.05) is 0 Å². The van der Waals surface area contributed by atoms with E-state index in [2.05, 4.69) is 32.6 Å².